The van der Waals surface area contributed by atoms with Crippen LogP contribution in [0.3, 0.4) is 0 Å². The second-order valence-corrected chi connectivity index (χ2v) is 6.96. The van der Waals surface area contributed by atoms with E-state index in [1.165, 1.54) is 12.1 Å². The summed E-state index contributed by atoms with van der Waals surface area (Å²) in [5.41, 5.74) is -0.133. The highest BCUT2D eigenvalue weighted by Crippen LogP contribution is 2.21. The maximum Gasteiger partial charge on any atom is 0.337 e. The van der Waals surface area contributed by atoms with E-state index in [1.807, 2.05) is 0 Å². The first-order valence-electron chi connectivity index (χ1n) is 6.54. The molecule has 21 heavy (non-hydrogen) atoms. The van der Waals surface area contributed by atoms with Crippen LogP contribution >= 0.6 is 11.6 Å². The molecule has 116 valence electrons. The number of aromatic carboxylic acids is 1. The Morgan fingerprint density at radius 1 is 1.43 bits per heavy atom. The third-order valence-corrected chi connectivity index (χ3v) is 4.99. The Morgan fingerprint density at radius 2 is 2.19 bits per heavy atom. The summed E-state index contributed by atoms with van der Waals surface area (Å²) in [7, 11) is -3.73. The van der Waals surface area contributed by atoms with Gasteiger partial charge in [0.15, 0.2) is 0 Å². The summed E-state index contributed by atoms with van der Waals surface area (Å²) < 4.78 is 32.2. The number of carboxylic acid groups (broad SMARTS) is 1. The van der Waals surface area contributed by atoms with Gasteiger partial charge < -0.3 is 9.84 Å². The standard InChI is InChI=1S/C13H16ClNO5S/c14-12-7-10(4-5-11(12)13(16)17)21(18,19)15-8-9-3-1-2-6-20-9/h4-5,7,9,15H,1-3,6,8H2,(H,16,17). The zero-order valence-electron chi connectivity index (χ0n) is 11.2. The predicted octanol–water partition coefficient (Wildman–Crippen LogP) is 1.89. The molecule has 1 aliphatic rings. The largest absolute Gasteiger partial charge is 0.478 e. The number of carboxylic acids is 1. The Kier molecular flexibility index (Phi) is 5.21. The molecular weight excluding hydrogens is 318 g/mol. The summed E-state index contributed by atoms with van der Waals surface area (Å²) in [5, 5.41) is 8.76. The lowest BCUT2D eigenvalue weighted by Gasteiger charge is -2.22. The van der Waals surface area contributed by atoms with Gasteiger partial charge >= 0.3 is 5.97 Å². The number of rotatable bonds is 5. The SMILES string of the molecule is O=C(O)c1ccc(S(=O)(=O)NCC2CCCCO2)cc1Cl. The number of sulfonamides is 1. The van der Waals surface area contributed by atoms with Gasteiger partial charge in [-0.15, -0.1) is 0 Å². The number of nitrogens with one attached hydrogen (secondary N) is 1. The summed E-state index contributed by atoms with van der Waals surface area (Å²) in [6.07, 6.45) is 2.71. The molecule has 0 spiro atoms. The Bertz CT molecular complexity index is 625. The molecule has 0 bridgehead atoms. The van der Waals surface area contributed by atoms with E-state index in [-0.39, 0.29) is 28.1 Å². The van der Waals surface area contributed by atoms with Crippen molar-refractivity contribution in [3.05, 3.63) is 28.8 Å². The molecule has 8 heteroatoms. The van der Waals surface area contributed by atoms with Crippen molar-refractivity contribution < 1.29 is 23.1 Å². The molecule has 1 fully saturated rings. The highest BCUT2D eigenvalue weighted by atomic mass is 35.5. The molecule has 0 saturated carbocycles. The van der Waals surface area contributed by atoms with Crippen LogP contribution in [-0.2, 0) is 14.8 Å². The van der Waals surface area contributed by atoms with Crippen LogP contribution in [0.25, 0.3) is 0 Å². The molecule has 6 nitrogen and oxygen atoms in total. The number of benzene rings is 1. The molecule has 2 N–H and O–H groups in total. The predicted molar refractivity (Wildman–Crippen MR) is 77.2 cm³/mol. The van der Waals surface area contributed by atoms with Gasteiger partial charge in [-0.05, 0) is 37.5 Å². The normalized spacial score (nSPS) is 19.4. The third kappa shape index (κ3) is 4.16. The fourth-order valence-electron chi connectivity index (χ4n) is 2.09. The van der Waals surface area contributed by atoms with Crippen LogP contribution in [0.5, 0.6) is 0 Å². The third-order valence-electron chi connectivity index (χ3n) is 3.26. The molecule has 0 radical (unpaired) electrons. The minimum absolute atomic E-state index is 0.0618. The van der Waals surface area contributed by atoms with E-state index in [0.717, 1.165) is 25.3 Å². The van der Waals surface area contributed by atoms with Crippen LogP contribution in [-0.4, -0.2) is 38.7 Å². The molecule has 1 aromatic carbocycles. The minimum atomic E-state index is -3.73. The van der Waals surface area contributed by atoms with Crippen LogP contribution < -0.4 is 4.72 Å². The smallest absolute Gasteiger partial charge is 0.337 e. The molecule has 0 aromatic heterocycles. The summed E-state index contributed by atoms with van der Waals surface area (Å²) in [6, 6.07) is 3.53. The monoisotopic (exact) mass is 333 g/mol. The van der Waals surface area contributed by atoms with Gasteiger partial charge in [-0.25, -0.2) is 17.9 Å². The van der Waals surface area contributed by atoms with Gasteiger partial charge in [-0.2, -0.15) is 0 Å². The van der Waals surface area contributed by atoms with Crippen molar-refractivity contribution in [1.29, 1.82) is 0 Å². The maximum atomic E-state index is 12.1. The van der Waals surface area contributed by atoms with Crippen molar-refractivity contribution in [3.63, 3.8) is 0 Å². The average molecular weight is 334 g/mol. The molecule has 2 rings (SSSR count). The first kappa shape index (κ1) is 16.2. The molecule has 1 aromatic rings. The van der Waals surface area contributed by atoms with Crippen LogP contribution in [0.15, 0.2) is 23.1 Å². The van der Waals surface area contributed by atoms with Crippen LogP contribution in [0.4, 0.5) is 0 Å². The van der Waals surface area contributed by atoms with Crippen LogP contribution in [0.2, 0.25) is 5.02 Å². The summed E-state index contributed by atoms with van der Waals surface area (Å²) in [5.74, 6) is -1.20. The van der Waals surface area contributed by atoms with Crippen LogP contribution in [0.1, 0.15) is 29.6 Å². The van der Waals surface area contributed by atoms with Crippen molar-refractivity contribution in [3.8, 4) is 0 Å². The van der Waals surface area contributed by atoms with Gasteiger partial charge in [-0.3, -0.25) is 0 Å². The molecule has 1 aliphatic heterocycles. The topological polar surface area (TPSA) is 92.7 Å². The Labute approximate surface area is 128 Å². The van der Waals surface area contributed by atoms with E-state index in [0.29, 0.717) is 6.61 Å². The molecule has 0 aliphatic carbocycles. The Morgan fingerprint density at radius 3 is 2.76 bits per heavy atom. The minimum Gasteiger partial charge on any atom is -0.478 e. The quantitative estimate of drug-likeness (QED) is 0.858. The summed E-state index contributed by atoms with van der Waals surface area (Å²) >= 11 is 5.78. The zero-order valence-corrected chi connectivity index (χ0v) is 12.8. The van der Waals surface area contributed by atoms with Crippen molar-refractivity contribution in [1.82, 2.24) is 4.72 Å². The first-order valence-corrected chi connectivity index (χ1v) is 8.40. The van der Waals surface area contributed by atoms with E-state index < -0.39 is 16.0 Å². The molecular formula is C13H16ClNO5S. The lowest BCUT2D eigenvalue weighted by atomic mass is 10.1. The fraction of sp³-hybridized carbons (Fsp3) is 0.462. The van der Waals surface area contributed by atoms with Crippen molar-refractivity contribution >= 4 is 27.6 Å². The number of halogens is 1. The van der Waals surface area contributed by atoms with E-state index in [2.05, 4.69) is 4.72 Å². The van der Waals surface area contributed by atoms with Gasteiger partial charge in [0.05, 0.1) is 21.6 Å². The average Bonchev–Trinajstić information content (AvgIpc) is 2.46. The first-order chi connectivity index (χ1) is 9.90. The van der Waals surface area contributed by atoms with Gasteiger partial charge in [-0.1, -0.05) is 11.6 Å². The molecule has 1 saturated heterocycles. The van der Waals surface area contributed by atoms with E-state index in [9.17, 15) is 13.2 Å². The van der Waals surface area contributed by atoms with Crippen molar-refractivity contribution in [2.45, 2.75) is 30.3 Å². The highest BCUT2D eigenvalue weighted by Gasteiger charge is 2.20. The number of ether oxygens (including phenoxy) is 1. The number of hydrogen-bond donors (Lipinski definition) is 2. The Balaban J connectivity index is 2.08. The van der Waals surface area contributed by atoms with E-state index in [4.69, 9.17) is 21.4 Å². The fourth-order valence-corrected chi connectivity index (χ4v) is 3.51. The van der Waals surface area contributed by atoms with Gasteiger partial charge in [0, 0.05) is 13.2 Å². The lowest BCUT2D eigenvalue weighted by molar-refractivity contribution is 0.0200. The van der Waals surface area contributed by atoms with Crippen LogP contribution in [0, 0.1) is 0 Å². The van der Waals surface area contributed by atoms with E-state index in [1.54, 1.807) is 0 Å². The van der Waals surface area contributed by atoms with Gasteiger partial charge in [0.25, 0.3) is 0 Å². The van der Waals surface area contributed by atoms with Crippen molar-refractivity contribution in [2.24, 2.45) is 0 Å². The number of hydrogen-bond acceptors (Lipinski definition) is 4. The second kappa shape index (κ2) is 6.74. The highest BCUT2D eigenvalue weighted by molar-refractivity contribution is 7.89. The Hall–Kier alpha value is -1.15. The molecule has 1 unspecified atom stereocenters. The molecule has 1 heterocycles. The molecule has 1 atom stereocenters. The zero-order chi connectivity index (χ0) is 15.5. The lowest BCUT2D eigenvalue weighted by Crippen LogP contribution is -2.35. The summed E-state index contributed by atoms with van der Waals surface area (Å²) in [6.45, 7) is 0.839. The molecule has 0 amide bonds. The summed E-state index contributed by atoms with van der Waals surface area (Å²) in [4.78, 5) is 10.8. The second-order valence-electron chi connectivity index (χ2n) is 4.79. The number of carbonyl (C=O) groups is 1. The van der Waals surface area contributed by atoms with Gasteiger partial charge in [0.2, 0.25) is 10.0 Å². The maximum absolute atomic E-state index is 12.1. The van der Waals surface area contributed by atoms with Gasteiger partial charge in [0.1, 0.15) is 0 Å². The van der Waals surface area contributed by atoms with E-state index >= 15 is 0 Å². The van der Waals surface area contributed by atoms with Crippen molar-refractivity contribution in [2.75, 3.05) is 13.2 Å².